The van der Waals surface area contributed by atoms with E-state index in [1.165, 1.54) is 0 Å². The summed E-state index contributed by atoms with van der Waals surface area (Å²) in [7, 11) is 5.30. The van der Waals surface area contributed by atoms with Crippen molar-refractivity contribution in [2.45, 2.75) is 19.5 Å². The van der Waals surface area contributed by atoms with Gasteiger partial charge >= 0.3 is 0 Å². The van der Waals surface area contributed by atoms with Crippen LogP contribution in [-0.2, 0) is 6.54 Å². The summed E-state index contributed by atoms with van der Waals surface area (Å²) in [5, 5.41) is 9.90. The van der Waals surface area contributed by atoms with Gasteiger partial charge < -0.3 is 14.6 Å². The van der Waals surface area contributed by atoms with Crippen LogP contribution in [0, 0.1) is 0 Å². The van der Waals surface area contributed by atoms with Gasteiger partial charge in [0.25, 0.3) is 0 Å². The highest BCUT2D eigenvalue weighted by molar-refractivity contribution is 5.43. The summed E-state index contributed by atoms with van der Waals surface area (Å²) >= 11 is 0. The Bertz CT molecular complexity index is 627. The molecule has 0 saturated carbocycles. The number of rotatable bonds is 6. The molecule has 0 saturated heterocycles. The highest BCUT2D eigenvalue weighted by atomic mass is 16.5. The van der Waals surface area contributed by atoms with Crippen LogP contribution in [0.25, 0.3) is 0 Å². The summed E-state index contributed by atoms with van der Waals surface area (Å²) in [6.07, 6.45) is 0. The molecular formula is C18H23NO3. The average molecular weight is 301 g/mol. The first-order valence-electron chi connectivity index (χ1n) is 7.25. The third kappa shape index (κ3) is 3.52. The highest BCUT2D eigenvalue weighted by Gasteiger charge is 2.15. The van der Waals surface area contributed by atoms with Crippen LogP contribution in [-0.4, -0.2) is 31.3 Å². The lowest BCUT2D eigenvalue weighted by molar-refractivity contribution is 0.249. The van der Waals surface area contributed by atoms with Gasteiger partial charge in [-0.05, 0) is 37.7 Å². The van der Waals surface area contributed by atoms with Gasteiger partial charge in [0, 0.05) is 18.2 Å². The maximum atomic E-state index is 9.90. The Morgan fingerprint density at radius 2 is 1.73 bits per heavy atom. The maximum Gasteiger partial charge on any atom is 0.161 e. The SMILES string of the molecule is COc1ccc(C(C)N(C)Cc2ccccc2O)cc1OC. The van der Waals surface area contributed by atoms with E-state index in [9.17, 15) is 5.11 Å². The van der Waals surface area contributed by atoms with E-state index in [0.717, 1.165) is 22.6 Å². The summed E-state index contributed by atoms with van der Waals surface area (Å²) in [4.78, 5) is 2.18. The molecule has 1 unspecified atom stereocenters. The average Bonchev–Trinajstić information content (AvgIpc) is 2.55. The molecule has 4 heteroatoms. The number of para-hydroxylation sites is 1. The van der Waals surface area contributed by atoms with E-state index in [2.05, 4.69) is 11.8 Å². The largest absolute Gasteiger partial charge is 0.508 e. The molecular weight excluding hydrogens is 278 g/mol. The Labute approximate surface area is 131 Å². The van der Waals surface area contributed by atoms with Crippen LogP contribution in [0.2, 0.25) is 0 Å². The normalized spacial score (nSPS) is 12.2. The van der Waals surface area contributed by atoms with Crippen molar-refractivity contribution in [3.05, 3.63) is 53.6 Å². The van der Waals surface area contributed by atoms with Gasteiger partial charge in [-0.25, -0.2) is 0 Å². The van der Waals surface area contributed by atoms with Crippen LogP contribution >= 0.6 is 0 Å². The van der Waals surface area contributed by atoms with Crippen LogP contribution in [0.1, 0.15) is 24.1 Å². The van der Waals surface area contributed by atoms with Crippen LogP contribution in [0.4, 0.5) is 0 Å². The molecule has 2 aromatic carbocycles. The highest BCUT2D eigenvalue weighted by Crippen LogP contribution is 2.32. The number of nitrogens with zero attached hydrogens (tertiary/aromatic N) is 1. The van der Waals surface area contributed by atoms with Crippen molar-refractivity contribution >= 4 is 0 Å². The molecule has 0 radical (unpaired) electrons. The smallest absolute Gasteiger partial charge is 0.161 e. The lowest BCUT2D eigenvalue weighted by Crippen LogP contribution is -2.22. The molecule has 0 amide bonds. The lowest BCUT2D eigenvalue weighted by Gasteiger charge is -2.26. The topological polar surface area (TPSA) is 41.9 Å². The second kappa shape index (κ2) is 7.18. The molecule has 22 heavy (non-hydrogen) atoms. The number of phenols is 1. The van der Waals surface area contributed by atoms with Crippen LogP contribution < -0.4 is 9.47 Å². The second-order valence-corrected chi connectivity index (χ2v) is 5.33. The number of hydrogen-bond acceptors (Lipinski definition) is 4. The van der Waals surface area contributed by atoms with Crippen molar-refractivity contribution in [3.63, 3.8) is 0 Å². The van der Waals surface area contributed by atoms with E-state index in [1.807, 2.05) is 43.4 Å². The molecule has 0 aliphatic heterocycles. The number of hydrogen-bond donors (Lipinski definition) is 1. The molecule has 0 aliphatic rings. The molecule has 0 aromatic heterocycles. The summed E-state index contributed by atoms with van der Waals surface area (Å²) in [5.74, 6) is 1.78. The molecule has 0 heterocycles. The number of ether oxygens (including phenoxy) is 2. The molecule has 4 nitrogen and oxygen atoms in total. The van der Waals surface area contributed by atoms with Gasteiger partial charge in [-0.15, -0.1) is 0 Å². The van der Waals surface area contributed by atoms with Crippen molar-refractivity contribution in [1.29, 1.82) is 0 Å². The van der Waals surface area contributed by atoms with Gasteiger partial charge in [0.1, 0.15) is 5.75 Å². The van der Waals surface area contributed by atoms with Crippen LogP contribution in [0.15, 0.2) is 42.5 Å². The fourth-order valence-corrected chi connectivity index (χ4v) is 2.42. The minimum atomic E-state index is 0.180. The molecule has 0 spiro atoms. The molecule has 0 fully saturated rings. The second-order valence-electron chi connectivity index (χ2n) is 5.33. The van der Waals surface area contributed by atoms with Gasteiger partial charge in [-0.1, -0.05) is 24.3 Å². The molecule has 1 atom stereocenters. The minimum Gasteiger partial charge on any atom is -0.508 e. The van der Waals surface area contributed by atoms with E-state index in [0.29, 0.717) is 12.3 Å². The Kier molecular flexibility index (Phi) is 5.28. The Morgan fingerprint density at radius 3 is 2.36 bits per heavy atom. The Morgan fingerprint density at radius 1 is 1.05 bits per heavy atom. The summed E-state index contributed by atoms with van der Waals surface area (Å²) in [5.41, 5.74) is 2.05. The molecule has 0 bridgehead atoms. The van der Waals surface area contributed by atoms with Gasteiger partial charge in [0.2, 0.25) is 0 Å². The predicted octanol–water partition coefficient (Wildman–Crippen LogP) is 3.60. The maximum absolute atomic E-state index is 9.90. The number of methoxy groups -OCH3 is 2. The lowest BCUT2D eigenvalue weighted by atomic mass is 10.1. The third-order valence-corrected chi connectivity index (χ3v) is 3.96. The van der Waals surface area contributed by atoms with Crippen LogP contribution in [0.3, 0.4) is 0 Å². The van der Waals surface area contributed by atoms with Gasteiger partial charge in [0.05, 0.1) is 14.2 Å². The van der Waals surface area contributed by atoms with Crippen molar-refractivity contribution < 1.29 is 14.6 Å². The standard InChI is InChI=1S/C18H23NO3/c1-13(14-9-10-17(21-3)18(11-14)22-4)19(2)12-15-7-5-6-8-16(15)20/h5-11,13,20H,12H2,1-4H3. The molecule has 0 aliphatic carbocycles. The van der Waals surface area contributed by atoms with E-state index in [-0.39, 0.29) is 6.04 Å². The first-order valence-corrected chi connectivity index (χ1v) is 7.25. The summed E-state index contributed by atoms with van der Waals surface area (Å²) < 4.78 is 10.6. The minimum absolute atomic E-state index is 0.180. The van der Waals surface area contributed by atoms with Gasteiger partial charge in [-0.3, -0.25) is 4.90 Å². The molecule has 1 N–H and O–H groups in total. The van der Waals surface area contributed by atoms with Gasteiger partial charge in [0.15, 0.2) is 11.5 Å². The van der Waals surface area contributed by atoms with E-state index in [4.69, 9.17) is 9.47 Å². The van der Waals surface area contributed by atoms with E-state index >= 15 is 0 Å². The van der Waals surface area contributed by atoms with E-state index in [1.54, 1.807) is 20.3 Å². The monoisotopic (exact) mass is 301 g/mol. The zero-order valence-electron chi connectivity index (χ0n) is 13.5. The first kappa shape index (κ1) is 16.2. The Hall–Kier alpha value is -2.20. The number of benzene rings is 2. The molecule has 2 aromatic rings. The summed E-state index contributed by atoms with van der Waals surface area (Å²) in [6, 6.07) is 13.5. The zero-order chi connectivity index (χ0) is 16.1. The van der Waals surface area contributed by atoms with Crippen LogP contribution in [0.5, 0.6) is 17.2 Å². The fourth-order valence-electron chi connectivity index (χ4n) is 2.42. The van der Waals surface area contributed by atoms with Gasteiger partial charge in [-0.2, -0.15) is 0 Å². The summed E-state index contributed by atoms with van der Waals surface area (Å²) in [6.45, 7) is 2.80. The first-order chi connectivity index (χ1) is 10.6. The quantitative estimate of drug-likeness (QED) is 0.885. The predicted molar refractivity (Wildman–Crippen MR) is 87.5 cm³/mol. The zero-order valence-corrected chi connectivity index (χ0v) is 13.5. The Balaban J connectivity index is 2.17. The third-order valence-electron chi connectivity index (χ3n) is 3.96. The van der Waals surface area contributed by atoms with Crippen molar-refractivity contribution in [3.8, 4) is 17.2 Å². The van der Waals surface area contributed by atoms with Crippen molar-refractivity contribution in [2.75, 3.05) is 21.3 Å². The number of phenolic OH excluding ortho intramolecular Hbond substituents is 1. The number of aromatic hydroxyl groups is 1. The molecule has 118 valence electrons. The van der Waals surface area contributed by atoms with Crippen molar-refractivity contribution in [2.24, 2.45) is 0 Å². The van der Waals surface area contributed by atoms with E-state index < -0.39 is 0 Å². The fraction of sp³-hybridized carbons (Fsp3) is 0.333. The molecule has 2 rings (SSSR count). The van der Waals surface area contributed by atoms with Crippen molar-refractivity contribution in [1.82, 2.24) is 4.90 Å².